The Labute approximate surface area is 138 Å². The third kappa shape index (κ3) is 4.91. The number of hydrogen-bond donors (Lipinski definition) is 2. The van der Waals surface area contributed by atoms with Gasteiger partial charge in [-0.25, -0.2) is 0 Å². The Bertz CT molecular complexity index is 772. The van der Waals surface area contributed by atoms with Crippen molar-refractivity contribution < 1.29 is 15.1 Å². The van der Waals surface area contributed by atoms with E-state index >= 15 is 0 Å². The van der Waals surface area contributed by atoms with Crippen LogP contribution in [0.15, 0.2) is 52.4 Å². The van der Waals surface area contributed by atoms with Crippen molar-refractivity contribution in [2.75, 3.05) is 13.1 Å². The Morgan fingerprint density at radius 1 is 0.958 bits per heavy atom. The summed E-state index contributed by atoms with van der Waals surface area (Å²) in [6, 6.07) is 10.7. The summed E-state index contributed by atoms with van der Waals surface area (Å²) >= 11 is 0. The van der Waals surface area contributed by atoms with Gasteiger partial charge >= 0.3 is 0 Å². The van der Waals surface area contributed by atoms with Crippen molar-refractivity contribution in [3.8, 4) is 11.5 Å². The number of rotatable bonds is 7. The zero-order valence-electron chi connectivity index (χ0n) is 12.9. The van der Waals surface area contributed by atoms with E-state index in [1.54, 1.807) is 24.4 Å². The number of nitro benzene ring substituents is 1. The van der Waals surface area contributed by atoms with Crippen LogP contribution in [-0.2, 0) is 0 Å². The van der Waals surface area contributed by atoms with E-state index in [-0.39, 0.29) is 17.2 Å². The van der Waals surface area contributed by atoms with E-state index in [0.717, 1.165) is 0 Å². The molecule has 0 spiro atoms. The highest BCUT2D eigenvalue weighted by molar-refractivity contribution is 5.84. The van der Waals surface area contributed by atoms with Gasteiger partial charge in [-0.1, -0.05) is 12.1 Å². The van der Waals surface area contributed by atoms with Crippen LogP contribution in [0, 0.1) is 10.1 Å². The average molecular weight is 327 g/mol. The third-order valence-corrected chi connectivity index (χ3v) is 3.19. The van der Waals surface area contributed by atoms with Crippen molar-refractivity contribution in [3.05, 3.63) is 63.7 Å². The monoisotopic (exact) mass is 327 g/mol. The highest BCUT2D eigenvalue weighted by Crippen LogP contribution is 2.21. The van der Waals surface area contributed by atoms with E-state index in [1.165, 1.54) is 24.4 Å². The van der Waals surface area contributed by atoms with E-state index in [9.17, 15) is 20.3 Å². The Morgan fingerprint density at radius 3 is 2.25 bits per heavy atom. The number of non-ortho nitro benzene ring substituents is 1. The lowest BCUT2D eigenvalue weighted by Gasteiger charge is -1.99. The van der Waals surface area contributed by atoms with Crippen molar-refractivity contribution in [2.24, 2.45) is 9.98 Å². The molecule has 0 aliphatic heterocycles. The molecule has 0 amide bonds. The molecule has 7 nitrogen and oxygen atoms in total. The summed E-state index contributed by atoms with van der Waals surface area (Å²) in [5.41, 5.74) is 0.867. The number of nitro groups is 1. The van der Waals surface area contributed by atoms with Gasteiger partial charge in [-0.15, -0.1) is 0 Å². The predicted molar refractivity (Wildman–Crippen MR) is 92.4 cm³/mol. The fraction of sp³-hybridized carbons (Fsp3) is 0.176. The van der Waals surface area contributed by atoms with Crippen LogP contribution in [0.25, 0.3) is 0 Å². The molecule has 0 saturated carbocycles. The number of phenols is 2. The van der Waals surface area contributed by atoms with Crippen molar-refractivity contribution in [3.63, 3.8) is 0 Å². The van der Waals surface area contributed by atoms with Crippen LogP contribution in [0.2, 0.25) is 0 Å². The van der Waals surface area contributed by atoms with Crippen LogP contribution < -0.4 is 0 Å². The molecule has 0 bridgehead atoms. The second kappa shape index (κ2) is 8.42. The highest BCUT2D eigenvalue weighted by Gasteiger charge is 2.08. The molecule has 2 aromatic carbocycles. The van der Waals surface area contributed by atoms with Gasteiger partial charge in [0, 0.05) is 48.8 Å². The molecule has 0 aliphatic carbocycles. The summed E-state index contributed by atoms with van der Waals surface area (Å²) < 4.78 is 0. The number of aromatic hydroxyl groups is 2. The Balaban J connectivity index is 1.82. The number of benzene rings is 2. The highest BCUT2D eigenvalue weighted by atomic mass is 16.6. The smallest absolute Gasteiger partial charge is 0.270 e. The van der Waals surface area contributed by atoms with Crippen LogP contribution in [0.1, 0.15) is 17.5 Å². The molecule has 0 atom stereocenters. The summed E-state index contributed by atoms with van der Waals surface area (Å²) in [6.07, 6.45) is 3.69. The maximum Gasteiger partial charge on any atom is 0.270 e. The number of nitrogens with zero attached hydrogens (tertiary/aromatic N) is 3. The van der Waals surface area contributed by atoms with Gasteiger partial charge in [0.05, 0.1) is 4.92 Å². The molecule has 2 N–H and O–H groups in total. The maximum atomic E-state index is 10.7. The molecule has 0 fully saturated rings. The quantitative estimate of drug-likeness (QED) is 0.353. The lowest BCUT2D eigenvalue weighted by molar-refractivity contribution is -0.384. The zero-order valence-corrected chi connectivity index (χ0v) is 12.9. The Morgan fingerprint density at radius 2 is 1.58 bits per heavy atom. The number of aliphatic imine (C=N–C) groups is 2. The molecule has 2 aromatic rings. The van der Waals surface area contributed by atoms with Gasteiger partial charge in [-0.3, -0.25) is 20.1 Å². The minimum absolute atomic E-state index is 0.0538. The van der Waals surface area contributed by atoms with Gasteiger partial charge in [-0.2, -0.15) is 0 Å². The number of para-hydroxylation sites is 1. The zero-order chi connectivity index (χ0) is 17.4. The molecule has 0 aliphatic rings. The minimum Gasteiger partial charge on any atom is -0.507 e. The van der Waals surface area contributed by atoms with E-state index in [0.29, 0.717) is 30.6 Å². The van der Waals surface area contributed by atoms with Crippen molar-refractivity contribution >= 4 is 18.1 Å². The second-order valence-electron chi connectivity index (χ2n) is 4.98. The normalized spacial score (nSPS) is 11.3. The Kier molecular flexibility index (Phi) is 6.01. The van der Waals surface area contributed by atoms with Crippen LogP contribution >= 0.6 is 0 Å². The van der Waals surface area contributed by atoms with Gasteiger partial charge in [0.2, 0.25) is 0 Å². The van der Waals surface area contributed by atoms with Gasteiger partial charge < -0.3 is 10.2 Å². The largest absolute Gasteiger partial charge is 0.507 e. The molecule has 2 rings (SSSR count). The number of phenolic OH excluding ortho intramolecular Hbond substituents is 2. The lowest BCUT2D eigenvalue weighted by atomic mass is 10.2. The first kappa shape index (κ1) is 17.1. The fourth-order valence-corrected chi connectivity index (χ4v) is 1.93. The van der Waals surface area contributed by atoms with E-state index in [2.05, 4.69) is 9.98 Å². The van der Waals surface area contributed by atoms with Crippen LogP contribution in [-0.4, -0.2) is 40.7 Å². The summed E-state index contributed by atoms with van der Waals surface area (Å²) in [6.45, 7) is 1.01. The standard InChI is InChI=1S/C17H17N3O4/c21-16-5-2-1-4-13(16)11-18-8-3-9-19-12-14-10-15(20(23)24)6-7-17(14)22/h1-2,4-7,10-12,21-22H,3,8-9H2. The first-order valence-electron chi connectivity index (χ1n) is 7.33. The maximum absolute atomic E-state index is 10.7. The fourth-order valence-electron chi connectivity index (χ4n) is 1.93. The first-order valence-corrected chi connectivity index (χ1v) is 7.33. The van der Waals surface area contributed by atoms with Gasteiger partial charge in [0.25, 0.3) is 5.69 Å². The third-order valence-electron chi connectivity index (χ3n) is 3.19. The van der Waals surface area contributed by atoms with Crippen molar-refractivity contribution in [2.45, 2.75) is 6.42 Å². The van der Waals surface area contributed by atoms with Crippen LogP contribution in [0.3, 0.4) is 0 Å². The van der Waals surface area contributed by atoms with Crippen LogP contribution in [0.4, 0.5) is 5.69 Å². The first-order chi connectivity index (χ1) is 11.6. The van der Waals surface area contributed by atoms with E-state index in [4.69, 9.17) is 0 Å². The van der Waals surface area contributed by atoms with Crippen molar-refractivity contribution in [1.29, 1.82) is 0 Å². The summed E-state index contributed by atoms with van der Waals surface area (Å²) in [7, 11) is 0. The molecule has 0 radical (unpaired) electrons. The summed E-state index contributed by atoms with van der Waals surface area (Å²) in [5.74, 6) is 0.127. The molecule has 124 valence electrons. The van der Waals surface area contributed by atoms with Gasteiger partial charge in [-0.05, 0) is 24.6 Å². The van der Waals surface area contributed by atoms with Crippen LogP contribution in [0.5, 0.6) is 11.5 Å². The van der Waals surface area contributed by atoms with Crippen molar-refractivity contribution in [1.82, 2.24) is 0 Å². The number of hydrogen-bond acceptors (Lipinski definition) is 6. The average Bonchev–Trinajstić information content (AvgIpc) is 2.56. The molecule has 0 aromatic heterocycles. The molecule has 7 heteroatoms. The molecular weight excluding hydrogens is 310 g/mol. The molecule has 24 heavy (non-hydrogen) atoms. The second-order valence-corrected chi connectivity index (χ2v) is 4.98. The molecular formula is C17H17N3O4. The van der Waals surface area contributed by atoms with Gasteiger partial charge in [0.15, 0.2) is 0 Å². The molecule has 0 heterocycles. The predicted octanol–water partition coefficient (Wildman–Crippen LogP) is 2.93. The molecule has 0 unspecified atom stereocenters. The van der Waals surface area contributed by atoms with E-state index in [1.807, 2.05) is 6.07 Å². The Hall–Kier alpha value is -3.22. The summed E-state index contributed by atoms with van der Waals surface area (Å²) in [5, 5.41) is 29.9. The SMILES string of the molecule is O=[N+]([O-])c1ccc(O)c(C=NCCCN=Cc2ccccc2O)c1. The van der Waals surface area contributed by atoms with Gasteiger partial charge in [0.1, 0.15) is 11.5 Å². The summed E-state index contributed by atoms with van der Waals surface area (Å²) in [4.78, 5) is 18.5. The molecule has 0 saturated heterocycles. The van der Waals surface area contributed by atoms with E-state index < -0.39 is 4.92 Å². The topological polar surface area (TPSA) is 108 Å². The minimum atomic E-state index is -0.523. The lowest BCUT2D eigenvalue weighted by Crippen LogP contribution is -1.92.